The van der Waals surface area contributed by atoms with Crippen molar-refractivity contribution in [1.82, 2.24) is 5.32 Å². The van der Waals surface area contributed by atoms with E-state index in [9.17, 15) is 0 Å². The first-order valence-corrected chi connectivity index (χ1v) is 7.21. The Morgan fingerprint density at radius 2 is 2.26 bits per heavy atom. The van der Waals surface area contributed by atoms with Gasteiger partial charge in [-0.2, -0.15) is 0 Å². The molecule has 1 N–H and O–H groups in total. The van der Waals surface area contributed by atoms with Crippen LogP contribution >= 0.6 is 0 Å². The van der Waals surface area contributed by atoms with Gasteiger partial charge in [-0.3, -0.25) is 0 Å². The number of hydrogen-bond acceptors (Lipinski definition) is 3. The van der Waals surface area contributed by atoms with E-state index < -0.39 is 0 Å². The Morgan fingerprint density at radius 3 is 2.95 bits per heavy atom. The van der Waals surface area contributed by atoms with Gasteiger partial charge in [0.05, 0.1) is 6.10 Å². The second-order valence-electron chi connectivity index (χ2n) is 5.49. The van der Waals surface area contributed by atoms with Crippen LogP contribution in [0.25, 0.3) is 0 Å². The molecule has 1 aliphatic heterocycles. The van der Waals surface area contributed by atoms with Crippen LogP contribution in [-0.4, -0.2) is 31.9 Å². The molecule has 2 atom stereocenters. The van der Waals surface area contributed by atoms with Crippen molar-refractivity contribution in [2.75, 3.05) is 19.7 Å². The van der Waals surface area contributed by atoms with Gasteiger partial charge in [-0.1, -0.05) is 17.7 Å². The van der Waals surface area contributed by atoms with E-state index in [-0.39, 0.29) is 6.10 Å². The molecule has 106 valence electrons. The van der Waals surface area contributed by atoms with Gasteiger partial charge in [0.1, 0.15) is 11.9 Å². The molecule has 3 nitrogen and oxygen atoms in total. The number of ether oxygens (including phenoxy) is 2. The lowest BCUT2D eigenvalue weighted by Gasteiger charge is -2.18. The molecule has 1 aromatic carbocycles. The minimum atomic E-state index is 0.169. The Bertz CT molecular complexity index is 400. The fourth-order valence-corrected chi connectivity index (χ4v) is 2.44. The third-order valence-electron chi connectivity index (χ3n) is 3.49. The second kappa shape index (κ2) is 6.92. The van der Waals surface area contributed by atoms with Crippen molar-refractivity contribution < 1.29 is 9.47 Å². The average Bonchev–Trinajstić information content (AvgIpc) is 2.86. The Balaban J connectivity index is 1.72. The summed E-state index contributed by atoms with van der Waals surface area (Å²) in [4.78, 5) is 0. The van der Waals surface area contributed by atoms with Crippen molar-refractivity contribution in [3.8, 4) is 5.75 Å². The molecule has 0 amide bonds. The predicted octanol–water partition coefficient (Wildman–Crippen LogP) is 2.84. The maximum absolute atomic E-state index is 5.96. The van der Waals surface area contributed by atoms with E-state index in [2.05, 4.69) is 44.3 Å². The number of nitrogens with one attached hydrogen (secondary N) is 1. The summed E-state index contributed by atoms with van der Waals surface area (Å²) in [5, 5.41) is 3.43. The van der Waals surface area contributed by atoms with Crippen LogP contribution in [0.5, 0.6) is 5.75 Å². The van der Waals surface area contributed by atoms with Gasteiger partial charge in [0, 0.05) is 19.7 Å². The highest BCUT2D eigenvalue weighted by molar-refractivity contribution is 5.35. The summed E-state index contributed by atoms with van der Waals surface area (Å²) >= 11 is 0. The van der Waals surface area contributed by atoms with Crippen LogP contribution < -0.4 is 10.1 Å². The van der Waals surface area contributed by atoms with E-state index in [4.69, 9.17) is 9.47 Å². The molecule has 0 radical (unpaired) electrons. The smallest absolute Gasteiger partial charge is 0.122 e. The lowest BCUT2D eigenvalue weighted by Crippen LogP contribution is -2.34. The Kier molecular flexibility index (Phi) is 5.23. The highest BCUT2D eigenvalue weighted by atomic mass is 16.5. The topological polar surface area (TPSA) is 30.5 Å². The predicted molar refractivity (Wildman–Crippen MR) is 77.8 cm³/mol. The lowest BCUT2D eigenvalue weighted by molar-refractivity contribution is 0.106. The van der Waals surface area contributed by atoms with Crippen molar-refractivity contribution in [1.29, 1.82) is 0 Å². The molecule has 1 aliphatic rings. The molecule has 1 heterocycles. The lowest BCUT2D eigenvalue weighted by atomic mass is 10.1. The summed E-state index contributed by atoms with van der Waals surface area (Å²) in [6.07, 6.45) is 2.94. The largest absolute Gasteiger partial charge is 0.489 e. The minimum Gasteiger partial charge on any atom is -0.489 e. The van der Waals surface area contributed by atoms with Crippen molar-refractivity contribution in [3.05, 3.63) is 29.3 Å². The third kappa shape index (κ3) is 4.51. The van der Waals surface area contributed by atoms with Gasteiger partial charge in [0.15, 0.2) is 0 Å². The summed E-state index contributed by atoms with van der Waals surface area (Å²) in [6, 6.07) is 6.30. The van der Waals surface area contributed by atoms with Crippen molar-refractivity contribution >= 4 is 0 Å². The van der Waals surface area contributed by atoms with Gasteiger partial charge < -0.3 is 14.8 Å². The van der Waals surface area contributed by atoms with Crippen LogP contribution in [0.3, 0.4) is 0 Å². The average molecular weight is 263 g/mol. The zero-order valence-corrected chi connectivity index (χ0v) is 12.2. The van der Waals surface area contributed by atoms with Crippen LogP contribution in [0.1, 0.15) is 30.9 Å². The summed E-state index contributed by atoms with van der Waals surface area (Å²) in [6.45, 7) is 8.99. The molecule has 1 fully saturated rings. The summed E-state index contributed by atoms with van der Waals surface area (Å²) in [5.74, 6) is 0.983. The van der Waals surface area contributed by atoms with Gasteiger partial charge in [-0.25, -0.2) is 0 Å². The maximum atomic E-state index is 5.96. The molecule has 2 rings (SSSR count). The van der Waals surface area contributed by atoms with Gasteiger partial charge in [0.2, 0.25) is 0 Å². The normalized spacial score (nSPS) is 20.5. The van der Waals surface area contributed by atoms with Gasteiger partial charge >= 0.3 is 0 Å². The molecule has 0 spiro atoms. The van der Waals surface area contributed by atoms with Crippen LogP contribution in [0, 0.1) is 13.8 Å². The van der Waals surface area contributed by atoms with E-state index >= 15 is 0 Å². The standard InChI is InChI=1S/C16H25NO2/c1-12-6-7-16(13(2)9-12)19-14(3)10-17-11-15-5-4-8-18-15/h6-7,9,14-15,17H,4-5,8,10-11H2,1-3H3. The van der Waals surface area contributed by atoms with E-state index in [1.807, 2.05) is 0 Å². The molecule has 2 unspecified atom stereocenters. The highest BCUT2D eigenvalue weighted by Gasteiger charge is 2.15. The van der Waals surface area contributed by atoms with Crippen LogP contribution in [0.4, 0.5) is 0 Å². The van der Waals surface area contributed by atoms with E-state index in [0.717, 1.165) is 25.4 Å². The third-order valence-corrected chi connectivity index (χ3v) is 3.49. The summed E-state index contributed by atoms with van der Waals surface area (Å²) < 4.78 is 11.5. The van der Waals surface area contributed by atoms with E-state index in [1.54, 1.807) is 0 Å². The highest BCUT2D eigenvalue weighted by Crippen LogP contribution is 2.19. The van der Waals surface area contributed by atoms with Crippen molar-refractivity contribution in [3.63, 3.8) is 0 Å². The molecule has 3 heteroatoms. The quantitative estimate of drug-likeness (QED) is 0.856. The number of benzene rings is 1. The molecule has 1 saturated heterocycles. The molecule has 0 aromatic heterocycles. The van der Waals surface area contributed by atoms with Crippen LogP contribution in [0.15, 0.2) is 18.2 Å². The minimum absolute atomic E-state index is 0.169. The first-order chi connectivity index (χ1) is 9.15. The Labute approximate surface area is 116 Å². The van der Waals surface area contributed by atoms with Gasteiger partial charge in [0.25, 0.3) is 0 Å². The number of hydrogen-bond donors (Lipinski definition) is 1. The molecule has 1 aromatic rings. The molecule has 19 heavy (non-hydrogen) atoms. The zero-order chi connectivity index (χ0) is 13.7. The summed E-state index contributed by atoms with van der Waals surface area (Å²) in [5.41, 5.74) is 2.47. The fourth-order valence-electron chi connectivity index (χ4n) is 2.44. The maximum Gasteiger partial charge on any atom is 0.122 e. The van der Waals surface area contributed by atoms with Gasteiger partial charge in [-0.05, 0) is 45.2 Å². The Morgan fingerprint density at radius 1 is 1.42 bits per heavy atom. The van der Waals surface area contributed by atoms with Crippen molar-refractivity contribution in [2.24, 2.45) is 0 Å². The van der Waals surface area contributed by atoms with Gasteiger partial charge in [-0.15, -0.1) is 0 Å². The molecular weight excluding hydrogens is 238 g/mol. The molecule has 0 aliphatic carbocycles. The monoisotopic (exact) mass is 263 g/mol. The Hall–Kier alpha value is -1.06. The van der Waals surface area contributed by atoms with Crippen LogP contribution in [0.2, 0.25) is 0 Å². The summed E-state index contributed by atoms with van der Waals surface area (Å²) in [7, 11) is 0. The first-order valence-electron chi connectivity index (χ1n) is 7.21. The van der Waals surface area contributed by atoms with Crippen molar-refractivity contribution in [2.45, 2.75) is 45.8 Å². The molecule has 0 bridgehead atoms. The number of aryl methyl sites for hydroxylation is 2. The van der Waals surface area contributed by atoms with E-state index in [0.29, 0.717) is 6.10 Å². The SMILES string of the molecule is Cc1ccc(OC(C)CNCC2CCCO2)c(C)c1. The molecule has 0 saturated carbocycles. The fraction of sp³-hybridized carbons (Fsp3) is 0.625. The number of rotatable bonds is 6. The van der Waals surface area contributed by atoms with Crippen LogP contribution in [-0.2, 0) is 4.74 Å². The zero-order valence-electron chi connectivity index (χ0n) is 12.2. The van der Waals surface area contributed by atoms with E-state index in [1.165, 1.54) is 24.0 Å². The molecular formula is C16H25NO2. The second-order valence-corrected chi connectivity index (χ2v) is 5.49. The first kappa shape index (κ1) is 14.4.